The van der Waals surface area contributed by atoms with Gasteiger partial charge in [0.25, 0.3) is 0 Å². The summed E-state index contributed by atoms with van der Waals surface area (Å²) < 4.78 is 12.2. The molecule has 0 saturated carbocycles. The first-order valence-electron chi connectivity index (χ1n) is 5.30. The molecule has 0 bridgehead atoms. The highest BCUT2D eigenvalue weighted by Gasteiger charge is 2.08. The molecule has 1 unspecified atom stereocenters. The topological polar surface area (TPSA) is 56.0 Å². The van der Waals surface area contributed by atoms with Gasteiger partial charge in [0.1, 0.15) is 0 Å². The van der Waals surface area contributed by atoms with E-state index in [1.807, 2.05) is 37.3 Å². The van der Waals surface area contributed by atoms with Crippen LogP contribution in [0.1, 0.15) is 11.1 Å². The van der Waals surface area contributed by atoms with Gasteiger partial charge in [0.15, 0.2) is 0 Å². The van der Waals surface area contributed by atoms with E-state index in [4.69, 9.17) is 5.73 Å². The zero-order chi connectivity index (χ0) is 12.3. The minimum atomic E-state index is -1.11. The predicted octanol–water partition coefficient (Wildman–Crippen LogP) is 2.28. The van der Waals surface area contributed by atoms with E-state index >= 15 is 0 Å². The number of nitrogens with two attached hydrogens (primary N) is 1. The van der Waals surface area contributed by atoms with E-state index in [1.54, 1.807) is 12.4 Å². The van der Waals surface area contributed by atoms with Crippen molar-refractivity contribution in [1.82, 2.24) is 4.98 Å². The molecule has 0 aliphatic heterocycles. The maximum atomic E-state index is 12.2. The van der Waals surface area contributed by atoms with Crippen molar-refractivity contribution in [3.8, 4) is 0 Å². The Morgan fingerprint density at radius 2 is 1.94 bits per heavy atom. The molecule has 1 atom stereocenters. The number of nitrogens with zero attached hydrogens (tertiary/aromatic N) is 1. The van der Waals surface area contributed by atoms with Crippen LogP contribution in [-0.4, -0.2) is 9.19 Å². The van der Waals surface area contributed by atoms with Gasteiger partial charge in [-0.2, -0.15) is 0 Å². The van der Waals surface area contributed by atoms with E-state index in [-0.39, 0.29) is 0 Å². The molecule has 2 aromatic rings. The molecule has 2 rings (SSSR count). The fourth-order valence-corrected chi connectivity index (χ4v) is 2.78. The summed E-state index contributed by atoms with van der Waals surface area (Å²) in [4.78, 5) is 4.63. The van der Waals surface area contributed by atoms with Crippen molar-refractivity contribution in [3.05, 3.63) is 53.9 Å². The highest BCUT2D eigenvalue weighted by Crippen LogP contribution is 2.20. The normalized spacial score (nSPS) is 12.3. The summed E-state index contributed by atoms with van der Waals surface area (Å²) in [6.45, 7) is 1.96. The number of benzene rings is 1. The zero-order valence-electron chi connectivity index (χ0n) is 9.59. The van der Waals surface area contributed by atoms with Crippen molar-refractivity contribution in [2.45, 2.75) is 17.6 Å². The number of nitrogen functional groups attached to an aromatic ring is 1. The maximum Gasteiger partial charge on any atom is 0.0621 e. The zero-order valence-corrected chi connectivity index (χ0v) is 10.4. The van der Waals surface area contributed by atoms with Crippen molar-refractivity contribution < 1.29 is 4.21 Å². The molecular formula is C13H14N2OS. The first kappa shape index (κ1) is 11.8. The molecule has 0 fully saturated rings. The molecular weight excluding hydrogens is 232 g/mol. The number of aryl methyl sites for hydroxylation is 1. The quantitative estimate of drug-likeness (QED) is 0.845. The lowest BCUT2D eigenvalue weighted by Gasteiger charge is -2.06. The van der Waals surface area contributed by atoms with Crippen LogP contribution in [0.5, 0.6) is 0 Å². The molecule has 0 aliphatic rings. The standard InChI is InChI=1S/C13H14N2OS/c1-10-2-3-13(12(14)8-10)17(16)9-11-4-6-15-7-5-11/h2-8H,9,14H2,1H3. The lowest BCUT2D eigenvalue weighted by atomic mass is 10.2. The Bertz CT molecular complexity index is 540. The largest absolute Gasteiger partial charge is 0.398 e. The van der Waals surface area contributed by atoms with Crippen molar-refractivity contribution in [3.63, 3.8) is 0 Å². The third-order valence-electron chi connectivity index (χ3n) is 2.46. The van der Waals surface area contributed by atoms with Gasteiger partial charge in [-0.3, -0.25) is 9.19 Å². The second kappa shape index (κ2) is 5.10. The molecule has 1 heterocycles. The van der Waals surface area contributed by atoms with Gasteiger partial charge in [0.05, 0.1) is 21.4 Å². The van der Waals surface area contributed by atoms with Crippen LogP contribution >= 0.6 is 0 Å². The number of pyridine rings is 1. The van der Waals surface area contributed by atoms with Gasteiger partial charge in [-0.25, -0.2) is 0 Å². The highest BCUT2D eigenvalue weighted by atomic mass is 32.2. The SMILES string of the molecule is Cc1ccc(S(=O)Cc2ccncc2)c(N)c1. The van der Waals surface area contributed by atoms with Gasteiger partial charge in [0.2, 0.25) is 0 Å². The summed E-state index contributed by atoms with van der Waals surface area (Å²) in [6.07, 6.45) is 3.40. The minimum absolute atomic E-state index is 0.468. The molecule has 0 saturated heterocycles. The third-order valence-corrected chi connectivity index (χ3v) is 3.92. The summed E-state index contributed by atoms with van der Waals surface area (Å²) in [7, 11) is -1.11. The molecule has 17 heavy (non-hydrogen) atoms. The van der Waals surface area contributed by atoms with Crippen LogP contribution in [0.15, 0.2) is 47.6 Å². The van der Waals surface area contributed by atoms with E-state index in [0.717, 1.165) is 11.1 Å². The van der Waals surface area contributed by atoms with Crippen LogP contribution < -0.4 is 5.73 Å². The number of hydrogen-bond acceptors (Lipinski definition) is 3. The van der Waals surface area contributed by atoms with Crippen LogP contribution in [0.25, 0.3) is 0 Å². The Morgan fingerprint density at radius 3 is 2.59 bits per heavy atom. The van der Waals surface area contributed by atoms with E-state index in [2.05, 4.69) is 4.98 Å². The van der Waals surface area contributed by atoms with Gasteiger partial charge in [-0.15, -0.1) is 0 Å². The summed E-state index contributed by atoms with van der Waals surface area (Å²) in [5.74, 6) is 0.468. The highest BCUT2D eigenvalue weighted by molar-refractivity contribution is 7.84. The molecule has 1 aromatic heterocycles. The summed E-state index contributed by atoms with van der Waals surface area (Å²) >= 11 is 0. The first-order valence-corrected chi connectivity index (χ1v) is 6.62. The molecule has 4 heteroatoms. The molecule has 1 aromatic carbocycles. The number of hydrogen-bond donors (Lipinski definition) is 1. The first-order chi connectivity index (χ1) is 8.16. The van der Waals surface area contributed by atoms with Crippen LogP contribution in [0.4, 0.5) is 5.69 Å². The lowest BCUT2D eigenvalue weighted by Crippen LogP contribution is -2.01. The monoisotopic (exact) mass is 246 g/mol. The lowest BCUT2D eigenvalue weighted by molar-refractivity contribution is 0.683. The minimum Gasteiger partial charge on any atom is -0.398 e. The Kier molecular flexibility index (Phi) is 3.54. The summed E-state index contributed by atoms with van der Waals surface area (Å²) in [5, 5.41) is 0. The van der Waals surface area contributed by atoms with Gasteiger partial charge in [-0.1, -0.05) is 6.07 Å². The van der Waals surface area contributed by atoms with E-state index in [0.29, 0.717) is 16.3 Å². The maximum absolute atomic E-state index is 12.2. The predicted molar refractivity (Wildman–Crippen MR) is 69.9 cm³/mol. The average Bonchev–Trinajstić information content (AvgIpc) is 2.30. The van der Waals surface area contributed by atoms with E-state index < -0.39 is 10.8 Å². The Morgan fingerprint density at radius 1 is 1.24 bits per heavy atom. The van der Waals surface area contributed by atoms with Crippen LogP contribution in [0.3, 0.4) is 0 Å². The van der Waals surface area contributed by atoms with Gasteiger partial charge in [-0.05, 0) is 42.3 Å². The molecule has 0 amide bonds. The molecule has 3 nitrogen and oxygen atoms in total. The average molecular weight is 246 g/mol. The van der Waals surface area contributed by atoms with E-state index in [1.165, 1.54) is 0 Å². The third kappa shape index (κ3) is 2.91. The van der Waals surface area contributed by atoms with Crippen molar-refractivity contribution in [2.24, 2.45) is 0 Å². The van der Waals surface area contributed by atoms with Crippen molar-refractivity contribution in [1.29, 1.82) is 0 Å². The van der Waals surface area contributed by atoms with Crippen LogP contribution in [0, 0.1) is 6.92 Å². The number of aromatic nitrogens is 1. The van der Waals surface area contributed by atoms with Gasteiger partial charge < -0.3 is 5.73 Å². The molecule has 2 N–H and O–H groups in total. The number of rotatable bonds is 3. The Hall–Kier alpha value is -1.68. The summed E-state index contributed by atoms with van der Waals surface area (Å²) in [6, 6.07) is 9.34. The molecule has 88 valence electrons. The fraction of sp³-hybridized carbons (Fsp3) is 0.154. The van der Waals surface area contributed by atoms with E-state index in [9.17, 15) is 4.21 Å². The molecule has 0 spiro atoms. The Balaban J connectivity index is 2.21. The number of anilines is 1. The fourth-order valence-electron chi connectivity index (χ4n) is 1.58. The van der Waals surface area contributed by atoms with Crippen molar-refractivity contribution >= 4 is 16.5 Å². The Labute approximate surface area is 103 Å². The van der Waals surface area contributed by atoms with Gasteiger partial charge in [0, 0.05) is 18.1 Å². The van der Waals surface area contributed by atoms with Crippen molar-refractivity contribution in [2.75, 3.05) is 5.73 Å². The second-order valence-corrected chi connectivity index (χ2v) is 5.31. The second-order valence-electron chi connectivity index (χ2n) is 3.89. The smallest absolute Gasteiger partial charge is 0.0621 e. The molecule has 0 radical (unpaired) electrons. The molecule has 0 aliphatic carbocycles. The van der Waals surface area contributed by atoms with Crippen LogP contribution in [0.2, 0.25) is 0 Å². The van der Waals surface area contributed by atoms with Crippen LogP contribution in [-0.2, 0) is 16.6 Å². The summed E-state index contributed by atoms with van der Waals surface area (Å²) in [5.41, 5.74) is 8.54. The van der Waals surface area contributed by atoms with Gasteiger partial charge >= 0.3 is 0 Å².